The predicted molar refractivity (Wildman–Crippen MR) is 123 cm³/mol. The molecular weight excluding hydrogens is 457 g/mol. The topological polar surface area (TPSA) is 75.3 Å². The first-order chi connectivity index (χ1) is 14.9. The van der Waals surface area contributed by atoms with Gasteiger partial charge in [-0.2, -0.15) is 4.37 Å². The van der Waals surface area contributed by atoms with Gasteiger partial charge in [-0.3, -0.25) is 9.59 Å². The lowest BCUT2D eigenvalue weighted by molar-refractivity contribution is -0.0423. The Labute approximate surface area is 193 Å². The van der Waals surface area contributed by atoms with Gasteiger partial charge in [-0.15, -0.1) is 0 Å². The first-order valence-electron chi connectivity index (χ1n) is 10.2. The van der Waals surface area contributed by atoms with Crippen LogP contribution >= 0.6 is 34.7 Å². The Morgan fingerprint density at radius 2 is 2.13 bits per heavy atom. The van der Waals surface area contributed by atoms with Gasteiger partial charge < -0.3 is 14.6 Å². The van der Waals surface area contributed by atoms with Crippen molar-refractivity contribution in [3.05, 3.63) is 60.6 Å². The van der Waals surface area contributed by atoms with Crippen molar-refractivity contribution >= 4 is 50.7 Å². The van der Waals surface area contributed by atoms with Gasteiger partial charge in [-0.05, 0) is 48.0 Å². The second-order valence-electron chi connectivity index (χ2n) is 8.30. The molecule has 0 aliphatic carbocycles. The fraction of sp³-hybridized carbons (Fsp3) is 0.409. The number of nitrogens with one attached hydrogen (secondary N) is 1. The standard InChI is InChI=1S/C22H21Cl2N3O3S/c1-10(12-8-30-9-12)14-5-17(23)13-3-4-27(22(29)18(13)19(14)24)7-16-15-6-25-31-20(15)11(2)26-21(16)28/h5-6,10,12H,3-4,7-9H2,1-2H3,(H,26,28). The number of fused-ring (bicyclic) bond motifs is 2. The summed E-state index contributed by atoms with van der Waals surface area (Å²) in [7, 11) is 0. The fourth-order valence-electron chi connectivity index (χ4n) is 4.43. The maximum absolute atomic E-state index is 13.5. The lowest BCUT2D eigenvalue weighted by Gasteiger charge is -2.34. The fourth-order valence-corrected chi connectivity index (χ4v) is 5.89. The van der Waals surface area contributed by atoms with E-state index in [4.69, 9.17) is 27.9 Å². The molecule has 0 spiro atoms. The molecule has 2 aromatic heterocycles. The number of halogens is 2. The second-order valence-corrected chi connectivity index (χ2v) is 9.89. The minimum absolute atomic E-state index is 0.142. The number of amides is 1. The van der Waals surface area contributed by atoms with E-state index in [1.807, 2.05) is 13.0 Å². The number of aromatic nitrogens is 2. The normalized spacial score (nSPS) is 17.7. The molecule has 31 heavy (non-hydrogen) atoms. The third kappa shape index (κ3) is 3.39. The molecule has 1 fully saturated rings. The Bertz CT molecular complexity index is 1270. The summed E-state index contributed by atoms with van der Waals surface area (Å²) in [5.41, 5.74) is 3.27. The molecule has 0 radical (unpaired) electrons. The number of hydrogen-bond donors (Lipinski definition) is 1. The van der Waals surface area contributed by atoms with Crippen LogP contribution in [0.2, 0.25) is 10.0 Å². The zero-order valence-corrected chi connectivity index (χ0v) is 19.5. The minimum Gasteiger partial charge on any atom is -0.381 e. The van der Waals surface area contributed by atoms with Crippen LogP contribution < -0.4 is 5.56 Å². The smallest absolute Gasteiger partial charge is 0.256 e. The van der Waals surface area contributed by atoms with Crippen molar-refractivity contribution in [1.29, 1.82) is 0 Å². The Kier molecular flexibility index (Phi) is 5.33. The molecule has 2 aliphatic rings. The van der Waals surface area contributed by atoms with Crippen LogP contribution in [0.25, 0.3) is 10.1 Å². The molecule has 1 aromatic carbocycles. The van der Waals surface area contributed by atoms with Gasteiger partial charge in [0.05, 0.1) is 35.0 Å². The first kappa shape index (κ1) is 20.9. The van der Waals surface area contributed by atoms with Crippen LogP contribution in [0.15, 0.2) is 17.1 Å². The van der Waals surface area contributed by atoms with Crippen LogP contribution in [0.4, 0.5) is 0 Å². The van der Waals surface area contributed by atoms with Gasteiger partial charge in [0.1, 0.15) is 0 Å². The van der Waals surface area contributed by atoms with E-state index in [9.17, 15) is 9.59 Å². The quantitative estimate of drug-likeness (QED) is 0.597. The summed E-state index contributed by atoms with van der Waals surface area (Å²) in [6, 6.07) is 1.90. The molecule has 5 rings (SSSR count). The monoisotopic (exact) mass is 477 g/mol. The van der Waals surface area contributed by atoms with E-state index in [2.05, 4.69) is 16.3 Å². The second kappa shape index (κ2) is 7.89. The van der Waals surface area contributed by atoms with Gasteiger partial charge in [0.25, 0.3) is 11.5 Å². The number of aryl methyl sites for hydroxylation is 1. The summed E-state index contributed by atoms with van der Waals surface area (Å²) >= 11 is 14.7. The lowest BCUT2D eigenvalue weighted by Crippen LogP contribution is -2.39. The number of rotatable bonds is 4. The molecule has 1 saturated heterocycles. The van der Waals surface area contributed by atoms with Crippen LogP contribution in [0.5, 0.6) is 0 Å². The number of aromatic amines is 1. The SMILES string of the molecule is Cc1[nH]c(=O)c(CN2CCc3c(Cl)cc(C(C)C4COC4)c(Cl)c3C2=O)c2cnsc12. The molecule has 162 valence electrons. The molecule has 9 heteroatoms. The van der Waals surface area contributed by atoms with Crippen molar-refractivity contribution in [1.82, 2.24) is 14.3 Å². The molecule has 0 saturated carbocycles. The molecule has 2 aliphatic heterocycles. The van der Waals surface area contributed by atoms with Crippen LogP contribution in [0.3, 0.4) is 0 Å². The highest BCUT2D eigenvalue weighted by Crippen LogP contribution is 2.41. The molecule has 1 N–H and O–H groups in total. The highest BCUT2D eigenvalue weighted by Gasteiger charge is 2.34. The largest absolute Gasteiger partial charge is 0.381 e. The highest BCUT2D eigenvalue weighted by atomic mass is 35.5. The minimum atomic E-state index is -0.194. The van der Waals surface area contributed by atoms with E-state index in [0.29, 0.717) is 53.3 Å². The summed E-state index contributed by atoms with van der Waals surface area (Å²) in [5, 5.41) is 1.84. The number of pyridine rings is 1. The Morgan fingerprint density at radius 3 is 2.84 bits per heavy atom. The molecule has 1 unspecified atom stereocenters. The summed E-state index contributed by atoms with van der Waals surface area (Å²) in [5.74, 6) is 0.318. The summed E-state index contributed by atoms with van der Waals surface area (Å²) in [6.07, 6.45) is 2.29. The van der Waals surface area contributed by atoms with Crippen molar-refractivity contribution in [2.75, 3.05) is 19.8 Å². The van der Waals surface area contributed by atoms with Gasteiger partial charge in [0, 0.05) is 40.3 Å². The third-order valence-corrected chi connectivity index (χ3v) is 8.16. The third-order valence-electron chi connectivity index (χ3n) is 6.50. The Morgan fingerprint density at radius 1 is 1.35 bits per heavy atom. The summed E-state index contributed by atoms with van der Waals surface area (Å²) in [6.45, 7) is 5.99. The van der Waals surface area contributed by atoms with E-state index in [1.165, 1.54) is 11.5 Å². The maximum Gasteiger partial charge on any atom is 0.256 e. The summed E-state index contributed by atoms with van der Waals surface area (Å²) < 4.78 is 10.5. The molecule has 3 aromatic rings. The van der Waals surface area contributed by atoms with Crippen molar-refractivity contribution in [3.8, 4) is 0 Å². The van der Waals surface area contributed by atoms with Crippen molar-refractivity contribution in [3.63, 3.8) is 0 Å². The van der Waals surface area contributed by atoms with Crippen LogP contribution in [0, 0.1) is 12.8 Å². The number of ether oxygens (including phenoxy) is 1. The van der Waals surface area contributed by atoms with Crippen molar-refractivity contribution in [2.24, 2.45) is 5.92 Å². The molecule has 4 heterocycles. The molecule has 1 atom stereocenters. The van der Waals surface area contributed by atoms with Crippen LogP contribution in [-0.2, 0) is 17.7 Å². The zero-order valence-electron chi connectivity index (χ0n) is 17.1. The average molecular weight is 478 g/mol. The highest BCUT2D eigenvalue weighted by molar-refractivity contribution is 7.13. The van der Waals surface area contributed by atoms with Crippen LogP contribution in [0.1, 0.15) is 45.6 Å². The zero-order chi connectivity index (χ0) is 21.9. The van der Waals surface area contributed by atoms with Gasteiger partial charge in [-0.25, -0.2) is 0 Å². The average Bonchev–Trinajstić information content (AvgIpc) is 3.17. The lowest BCUT2D eigenvalue weighted by atomic mass is 9.84. The van der Waals surface area contributed by atoms with Gasteiger partial charge in [0.2, 0.25) is 0 Å². The Hall–Kier alpha value is -1.93. The van der Waals surface area contributed by atoms with Gasteiger partial charge >= 0.3 is 0 Å². The summed E-state index contributed by atoms with van der Waals surface area (Å²) in [4.78, 5) is 30.8. The van der Waals surface area contributed by atoms with Crippen molar-refractivity contribution < 1.29 is 9.53 Å². The van der Waals surface area contributed by atoms with Crippen molar-refractivity contribution in [2.45, 2.75) is 32.7 Å². The molecule has 1 amide bonds. The number of benzene rings is 1. The number of carbonyl (C=O) groups excluding carboxylic acids is 1. The van der Waals surface area contributed by atoms with E-state index in [-0.39, 0.29) is 23.9 Å². The number of nitrogens with zero attached hydrogens (tertiary/aromatic N) is 2. The maximum atomic E-state index is 13.5. The van der Waals surface area contributed by atoms with Gasteiger partial charge in [0.15, 0.2) is 0 Å². The van der Waals surface area contributed by atoms with E-state index >= 15 is 0 Å². The van der Waals surface area contributed by atoms with E-state index in [0.717, 1.165) is 26.9 Å². The molecule has 0 bridgehead atoms. The molecular formula is C22H21Cl2N3O3S. The van der Waals surface area contributed by atoms with E-state index in [1.54, 1.807) is 11.1 Å². The van der Waals surface area contributed by atoms with Crippen LogP contribution in [-0.4, -0.2) is 39.9 Å². The van der Waals surface area contributed by atoms with E-state index < -0.39 is 0 Å². The molecule has 6 nitrogen and oxygen atoms in total. The number of carbonyl (C=O) groups is 1. The number of hydrogen-bond acceptors (Lipinski definition) is 5. The first-order valence-corrected chi connectivity index (χ1v) is 11.7. The predicted octanol–water partition coefficient (Wildman–Crippen LogP) is 4.55. The Balaban J connectivity index is 1.53. The van der Waals surface area contributed by atoms with Gasteiger partial charge in [-0.1, -0.05) is 30.1 Å². The number of H-pyrrole nitrogens is 1.